The normalized spacial score (nSPS) is 14.3. The molecular weight excluding hydrogens is 262 g/mol. The maximum atomic E-state index is 12.1. The average Bonchev–Trinajstić information content (AvgIpc) is 2.44. The Hall–Kier alpha value is -1.35. The van der Waals surface area contributed by atoms with E-state index in [0.717, 1.165) is 0 Å². The number of hydrogen-bond donors (Lipinski definition) is 2. The largest absolute Gasteiger partial charge is 0.394 e. The minimum absolute atomic E-state index is 0.00295. The van der Waals surface area contributed by atoms with Crippen LogP contribution in [0.2, 0.25) is 0 Å². The lowest BCUT2D eigenvalue weighted by molar-refractivity contribution is -0.122. The van der Waals surface area contributed by atoms with Crippen LogP contribution in [0.1, 0.15) is 64.0 Å². The molecule has 0 heterocycles. The van der Waals surface area contributed by atoms with Gasteiger partial charge in [-0.25, -0.2) is 0 Å². The van der Waals surface area contributed by atoms with Crippen molar-refractivity contribution in [2.45, 2.75) is 58.9 Å². The Balaban J connectivity index is 2.79. The molecule has 118 valence electrons. The number of benzene rings is 1. The van der Waals surface area contributed by atoms with Crippen LogP contribution in [0.4, 0.5) is 0 Å². The van der Waals surface area contributed by atoms with E-state index in [1.807, 2.05) is 0 Å². The van der Waals surface area contributed by atoms with Crippen molar-refractivity contribution >= 4 is 5.91 Å². The van der Waals surface area contributed by atoms with Crippen LogP contribution in [0.25, 0.3) is 0 Å². The van der Waals surface area contributed by atoms with Crippen molar-refractivity contribution in [2.24, 2.45) is 5.92 Å². The van der Waals surface area contributed by atoms with Crippen LogP contribution in [0.5, 0.6) is 0 Å². The van der Waals surface area contributed by atoms with Gasteiger partial charge in [-0.05, 0) is 35.8 Å². The highest BCUT2D eigenvalue weighted by Gasteiger charge is 2.20. The third kappa shape index (κ3) is 5.50. The second-order valence-electron chi connectivity index (χ2n) is 6.53. The van der Waals surface area contributed by atoms with E-state index in [1.54, 1.807) is 6.92 Å². The molecule has 21 heavy (non-hydrogen) atoms. The second-order valence-corrected chi connectivity index (χ2v) is 6.53. The molecule has 0 radical (unpaired) electrons. The predicted octanol–water partition coefficient (Wildman–Crippen LogP) is 3.44. The molecule has 1 aromatic rings. The van der Waals surface area contributed by atoms with E-state index in [-0.39, 0.29) is 24.5 Å². The highest BCUT2D eigenvalue weighted by molar-refractivity contribution is 5.77. The molecule has 2 N–H and O–H groups in total. The first-order valence-corrected chi connectivity index (χ1v) is 7.85. The topological polar surface area (TPSA) is 49.3 Å². The maximum Gasteiger partial charge on any atom is 0.220 e. The van der Waals surface area contributed by atoms with Gasteiger partial charge in [0, 0.05) is 12.5 Å². The molecule has 1 amide bonds. The number of carbonyl (C=O) groups is 1. The molecule has 3 nitrogen and oxygen atoms in total. The summed E-state index contributed by atoms with van der Waals surface area (Å²) in [7, 11) is 0. The zero-order valence-electron chi connectivity index (χ0n) is 13.9. The fourth-order valence-electron chi connectivity index (χ4n) is 2.45. The fraction of sp³-hybridized carbons (Fsp3) is 0.611. The third-order valence-corrected chi connectivity index (χ3v) is 3.92. The van der Waals surface area contributed by atoms with Gasteiger partial charge in [0.1, 0.15) is 0 Å². The lowest BCUT2D eigenvalue weighted by Gasteiger charge is -2.22. The van der Waals surface area contributed by atoms with Gasteiger partial charge < -0.3 is 10.4 Å². The predicted molar refractivity (Wildman–Crippen MR) is 87.4 cm³/mol. The molecular formula is C18H29NO2. The molecule has 1 aromatic carbocycles. The smallest absolute Gasteiger partial charge is 0.220 e. The molecule has 0 aromatic heterocycles. The molecule has 0 saturated heterocycles. The van der Waals surface area contributed by atoms with Gasteiger partial charge in [-0.1, -0.05) is 52.0 Å². The van der Waals surface area contributed by atoms with Crippen molar-refractivity contribution in [1.82, 2.24) is 5.32 Å². The molecule has 2 atom stereocenters. The van der Waals surface area contributed by atoms with E-state index in [9.17, 15) is 4.79 Å². The number of hydrogen-bond acceptors (Lipinski definition) is 2. The summed E-state index contributed by atoms with van der Waals surface area (Å²) in [6.07, 6.45) is 0.461. The summed E-state index contributed by atoms with van der Waals surface area (Å²) in [6.45, 7) is 10.4. The minimum Gasteiger partial charge on any atom is -0.394 e. The molecule has 1 rings (SSSR count). The Bertz CT molecular complexity index is 437. The van der Waals surface area contributed by atoms with Gasteiger partial charge in [0.2, 0.25) is 5.91 Å². The van der Waals surface area contributed by atoms with Crippen molar-refractivity contribution in [3.05, 3.63) is 35.4 Å². The van der Waals surface area contributed by atoms with Gasteiger partial charge in [0.25, 0.3) is 0 Å². The van der Waals surface area contributed by atoms with Crippen LogP contribution in [-0.4, -0.2) is 23.7 Å². The Kier molecular flexibility index (Phi) is 6.90. The first-order valence-electron chi connectivity index (χ1n) is 7.85. The Morgan fingerprint density at radius 2 is 1.57 bits per heavy atom. The lowest BCUT2D eigenvalue weighted by Crippen LogP contribution is -2.36. The summed E-state index contributed by atoms with van der Waals surface area (Å²) in [5.41, 5.74) is 2.53. The number of nitrogens with one attached hydrogen (secondary N) is 1. The van der Waals surface area contributed by atoms with Crippen molar-refractivity contribution < 1.29 is 9.90 Å². The lowest BCUT2D eigenvalue weighted by atomic mass is 9.84. The summed E-state index contributed by atoms with van der Waals surface area (Å²) in [5, 5.41) is 11.8. The van der Waals surface area contributed by atoms with E-state index in [4.69, 9.17) is 5.11 Å². The Morgan fingerprint density at radius 3 is 2.00 bits per heavy atom. The third-order valence-electron chi connectivity index (χ3n) is 3.92. The van der Waals surface area contributed by atoms with Crippen LogP contribution in [-0.2, 0) is 4.79 Å². The molecule has 0 aliphatic rings. The quantitative estimate of drug-likeness (QED) is 0.808. The summed E-state index contributed by atoms with van der Waals surface area (Å²) >= 11 is 0. The van der Waals surface area contributed by atoms with Crippen molar-refractivity contribution in [2.75, 3.05) is 6.61 Å². The van der Waals surface area contributed by atoms with Crippen molar-refractivity contribution in [1.29, 1.82) is 0 Å². The van der Waals surface area contributed by atoms with Gasteiger partial charge in [-0.2, -0.15) is 0 Å². The van der Waals surface area contributed by atoms with Crippen LogP contribution < -0.4 is 5.32 Å². The summed E-state index contributed by atoms with van der Waals surface area (Å²) < 4.78 is 0. The maximum absolute atomic E-state index is 12.1. The van der Waals surface area contributed by atoms with E-state index in [1.165, 1.54) is 11.1 Å². The van der Waals surface area contributed by atoms with Gasteiger partial charge in [0.05, 0.1) is 6.61 Å². The van der Waals surface area contributed by atoms with E-state index < -0.39 is 0 Å². The molecule has 0 aliphatic heterocycles. The molecule has 0 bridgehead atoms. The number of carbonyl (C=O) groups excluding carboxylic acids is 1. The number of rotatable bonds is 7. The molecule has 3 heteroatoms. The molecule has 2 unspecified atom stereocenters. The second kappa shape index (κ2) is 8.18. The number of amides is 1. The van der Waals surface area contributed by atoms with Crippen LogP contribution in [0.3, 0.4) is 0 Å². The average molecular weight is 291 g/mol. The Labute approximate surface area is 128 Å². The standard InChI is InChI=1S/C18H29NO2/c1-12(2)15-6-8-16(9-7-15)17(13(3)4)10-18(21)19-14(5)11-20/h6-9,12-14,17,20H,10-11H2,1-5H3,(H,19,21). The van der Waals surface area contributed by atoms with Gasteiger partial charge in [-0.3, -0.25) is 4.79 Å². The van der Waals surface area contributed by atoms with Crippen LogP contribution >= 0.6 is 0 Å². The van der Waals surface area contributed by atoms with E-state index in [0.29, 0.717) is 18.3 Å². The van der Waals surface area contributed by atoms with E-state index in [2.05, 4.69) is 57.3 Å². The molecule has 0 spiro atoms. The first-order chi connectivity index (χ1) is 9.85. The van der Waals surface area contributed by atoms with Crippen molar-refractivity contribution in [3.8, 4) is 0 Å². The zero-order valence-corrected chi connectivity index (χ0v) is 13.9. The van der Waals surface area contributed by atoms with Gasteiger partial charge in [-0.15, -0.1) is 0 Å². The summed E-state index contributed by atoms with van der Waals surface area (Å²) in [4.78, 5) is 12.1. The summed E-state index contributed by atoms with van der Waals surface area (Å²) in [5.74, 6) is 1.12. The molecule has 0 fully saturated rings. The van der Waals surface area contributed by atoms with Crippen molar-refractivity contribution in [3.63, 3.8) is 0 Å². The highest BCUT2D eigenvalue weighted by atomic mass is 16.3. The Morgan fingerprint density at radius 1 is 1.05 bits per heavy atom. The zero-order chi connectivity index (χ0) is 16.0. The first kappa shape index (κ1) is 17.7. The number of aliphatic hydroxyl groups excluding tert-OH is 1. The number of aliphatic hydroxyl groups is 1. The van der Waals surface area contributed by atoms with Gasteiger partial charge >= 0.3 is 0 Å². The highest BCUT2D eigenvalue weighted by Crippen LogP contribution is 2.29. The molecule has 0 saturated carbocycles. The van der Waals surface area contributed by atoms with E-state index >= 15 is 0 Å². The molecule has 0 aliphatic carbocycles. The fourth-order valence-corrected chi connectivity index (χ4v) is 2.45. The van der Waals surface area contributed by atoms with Gasteiger partial charge in [0.15, 0.2) is 0 Å². The van der Waals surface area contributed by atoms with Crippen LogP contribution in [0, 0.1) is 5.92 Å². The summed E-state index contributed by atoms with van der Waals surface area (Å²) in [6, 6.07) is 8.41. The van der Waals surface area contributed by atoms with Crippen LogP contribution in [0.15, 0.2) is 24.3 Å². The SMILES string of the molecule is CC(CO)NC(=O)CC(c1ccc(C(C)C)cc1)C(C)C. The monoisotopic (exact) mass is 291 g/mol. The minimum atomic E-state index is -0.186.